The Bertz CT molecular complexity index is 339. The first kappa shape index (κ1) is 11.7. The van der Waals surface area contributed by atoms with Gasteiger partial charge < -0.3 is 9.84 Å². The highest BCUT2D eigenvalue weighted by Crippen LogP contribution is 2.18. The number of hydrogen-bond donors (Lipinski definition) is 1. The maximum absolute atomic E-state index is 12.7. The van der Waals surface area contributed by atoms with Gasteiger partial charge >= 0.3 is 0 Å². The fourth-order valence-corrected chi connectivity index (χ4v) is 1.05. The monoisotopic (exact) mass is 212 g/mol. The number of aldehydes is 1. The number of halogens is 1. The number of rotatable bonds is 5. The van der Waals surface area contributed by atoms with Crippen LogP contribution >= 0.6 is 0 Å². The van der Waals surface area contributed by atoms with Gasteiger partial charge in [0.15, 0.2) is 6.29 Å². The first-order valence-electron chi connectivity index (χ1n) is 4.73. The van der Waals surface area contributed by atoms with Crippen molar-refractivity contribution >= 4 is 6.29 Å². The van der Waals surface area contributed by atoms with Gasteiger partial charge in [-0.05, 0) is 24.6 Å². The molecule has 0 aromatic heterocycles. The van der Waals surface area contributed by atoms with Crippen molar-refractivity contribution in [3.8, 4) is 5.75 Å². The molecule has 0 amide bonds. The molecule has 1 atom stereocenters. The van der Waals surface area contributed by atoms with Gasteiger partial charge in [0, 0.05) is 0 Å². The third-order valence-electron chi connectivity index (χ3n) is 2.00. The summed E-state index contributed by atoms with van der Waals surface area (Å²) in [6.07, 6.45) is 0.517. The largest absolute Gasteiger partial charge is 0.490 e. The maximum atomic E-state index is 12.7. The molecule has 82 valence electrons. The number of aliphatic hydroxyl groups is 1. The van der Waals surface area contributed by atoms with Crippen LogP contribution in [0, 0.1) is 5.82 Å². The zero-order valence-electron chi connectivity index (χ0n) is 8.44. The van der Waals surface area contributed by atoms with Crippen LogP contribution in [0.2, 0.25) is 0 Å². The third-order valence-corrected chi connectivity index (χ3v) is 2.00. The predicted molar refractivity (Wildman–Crippen MR) is 53.6 cm³/mol. The van der Waals surface area contributed by atoms with Crippen LogP contribution in [0.15, 0.2) is 18.2 Å². The molecule has 0 saturated carbocycles. The van der Waals surface area contributed by atoms with E-state index in [4.69, 9.17) is 4.74 Å². The first-order chi connectivity index (χ1) is 7.17. The predicted octanol–water partition coefficient (Wildman–Crippen LogP) is 1.79. The summed E-state index contributed by atoms with van der Waals surface area (Å²) in [7, 11) is 0. The molecule has 0 fully saturated rings. The summed E-state index contributed by atoms with van der Waals surface area (Å²) in [5.41, 5.74) is 0.151. The highest BCUT2D eigenvalue weighted by atomic mass is 19.1. The minimum atomic E-state index is -0.574. The number of carbonyl (C=O) groups is 1. The lowest BCUT2D eigenvalue weighted by molar-refractivity contribution is 0.101. The molecule has 0 heterocycles. The molecule has 4 heteroatoms. The van der Waals surface area contributed by atoms with Crippen molar-refractivity contribution in [2.24, 2.45) is 0 Å². The third kappa shape index (κ3) is 3.32. The van der Waals surface area contributed by atoms with Crippen LogP contribution in [0.1, 0.15) is 23.7 Å². The normalized spacial score (nSPS) is 12.2. The molecule has 1 N–H and O–H groups in total. The molecule has 0 aliphatic heterocycles. The zero-order valence-corrected chi connectivity index (χ0v) is 8.44. The minimum absolute atomic E-state index is 0.100. The van der Waals surface area contributed by atoms with E-state index in [2.05, 4.69) is 0 Å². The summed E-state index contributed by atoms with van der Waals surface area (Å²) in [6, 6.07) is 3.68. The molecule has 1 rings (SSSR count). The summed E-state index contributed by atoms with van der Waals surface area (Å²) >= 11 is 0. The van der Waals surface area contributed by atoms with Crippen molar-refractivity contribution in [2.75, 3.05) is 6.61 Å². The molecular formula is C11H13FO3. The van der Waals surface area contributed by atoms with Gasteiger partial charge in [0.2, 0.25) is 0 Å². The Morgan fingerprint density at radius 1 is 1.60 bits per heavy atom. The SMILES string of the molecule is CCC(O)COc1ccc(F)cc1C=O. The Morgan fingerprint density at radius 2 is 2.33 bits per heavy atom. The first-order valence-corrected chi connectivity index (χ1v) is 4.73. The van der Waals surface area contributed by atoms with Gasteiger partial charge in [0.05, 0.1) is 11.7 Å². The van der Waals surface area contributed by atoms with Gasteiger partial charge in [-0.1, -0.05) is 6.92 Å². The van der Waals surface area contributed by atoms with E-state index >= 15 is 0 Å². The Morgan fingerprint density at radius 3 is 2.93 bits per heavy atom. The van der Waals surface area contributed by atoms with E-state index < -0.39 is 11.9 Å². The fraction of sp³-hybridized carbons (Fsp3) is 0.364. The van der Waals surface area contributed by atoms with E-state index in [9.17, 15) is 14.3 Å². The number of hydrogen-bond acceptors (Lipinski definition) is 3. The lowest BCUT2D eigenvalue weighted by Gasteiger charge is -2.11. The Balaban J connectivity index is 2.72. The molecule has 0 spiro atoms. The Hall–Kier alpha value is -1.42. The van der Waals surface area contributed by atoms with Gasteiger partial charge in [0.25, 0.3) is 0 Å². The number of benzene rings is 1. The molecule has 0 aliphatic carbocycles. The molecule has 15 heavy (non-hydrogen) atoms. The van der Waals surface area contributed by atoms with Crippen molar-refractivity contribution in [2.45, 2.75) is 19.4 Å². The van der Waals surface area contributed by atoms with E-state index in [0.29, 0.717) is 18.5 Å². The van der Waals surface area contributed by atoms with E-state index in [-0.39, 0.29) is 12.2 Å². The smallest absolute Gasteiger partial charge is 0.153 e. The number of ether oxygens (including phenoxy) is 1. The van der Waals surface area contributed by atoms with Crippen molar-refractivity contribution < 1.29 is 19.0 Å². The number of aliphatic hydroxyl groups excluding tert-OH is 1. The molecular weight excluding hydrogens is 199 g/mol. The highest BCUT2D eigenvalue weighted by molar-refractivity contribution is 5.79. The van der Waals surface area contributed by atoms with Crippen molar-refractivity contribution in [1.82, 2.24) is 0 Å². The molecule has 0 bridgehead atoms. The van der Waals surface area contributed by atoms with Crippen molar-refractivity contribution in [3.63, 3.8) is 0 Å². The Kier molecular flexibility index (Phi) is 4.24. The van der Waals surface area contributed by atoms with Crippen LogP contribution in [-0.4, -0.2) is 24.1 Å². The quantitative estimate of drug-likeness (QED) is 0.757. The average molecular weight is 212 g/mol. The fourth-order valence-electron chi connectivity index (χ4n) is 1.05. The van der Waals surface area contributed by atoms with Crippen LogP contribution in [0.25, 0.3) is 0 Å². The molecule has 3 nitrogen and oxygen atoms in total. The van der Waals surface area contributed by atoms with Crippen LogP contribution in [0.5, 0.6) is 5.75 Å². The number of carbonyl (C=O) groups excluding carboxylic acids is 1. The van der Waals surface area contributed by atoms with Gasteiger partial charge in [0.1, 0.15) is 18.2 Å². The van der Waals surface area contributed by atoms with Crippen LogP contribution in [0.4, 0.5) is 4.39 Å². The second kappa shape index (κ2) is 5.46. The zero-order chi connectivity index (χ0) is 11.3. The lowest BCUT2D eigenvalue weighted by atomic mass is 10.2. The Labute approximate surface area is 87.5 Å². The summed E-state index contributed by atoms with van der Waals surface area (Å²) in [5.74, 6) is -0.195. The topological polar surface area (TPSA) is 46.5 Å². The molecule has 1 aromatic rings. The highest BCUT2D eigenvalue weighted by Gasteiger charge is 2.07. The van der Waals surface area contributed by atoms with Gasteiger partial charge in [-0.3, -0.25) is 4.79 Å². The van der Waals surface area contributed by atoms with Gasteiger partial charge in [-0.25, -0.2) is 4.39 Å². The van der Waals surface area contributed by atoms with E-state index in [1.165, 1.54) is 12.1 Å². The van der Waals surface area contributed by atoms with Crippen LogP contribution in [0.3, 0.4) is 0 Å². The molecule has 0 radical (unpaired) electrons. The van der Waals surface area contributed by atoms with Crippen molar-refractivity contribution in [3.05, 3.63) is 29.6 Å². The summed E-state index contributed by atoms with van der Waals surface area (Å²) < 4.78 is 17.9. The maximum Gasteiger partial charge on any atom is 0.153 e. The van der Waals surface area contributed by atoms with E-state index in [1.54, 1.807) is 0 Å². The standard InChI is InChI=1S/C11H13FO3/c1-2-10(14)7-15-11-4-3-9(12)5-8(11)6-13/h3-6,10,14H,2,7H2,1H3. The van der Waals surface area contributed by atoms with Crippen LogP contribution < -0.4 is 4.74 Å². The molecule has 0 aliphatic rings. The molecule has 0 saturated heterocycles. The van der Waals surface area contributed by atoms with Crippen molar-refractivity contribution in [1.29, 1.82) is 0 Å². The average Bonchev–Trinajstić information content (AvgIpc) is 2.26. The van der Waals surface area contributed by atoms with E-state index in [1.807, 2.05) is 6.92 Å². The van der Waals surface area contributed by atoms with Crippen LogP contribution in [-0.2, 0) is 0 Å². The second-order valence-corrected chi connectivity index (χ2v) is 3.17. The van der Waals surface area contributed by atoms with Gasteiger partial charge in [-0.2, -0.15) is 0 Å². The summed E-state index contributed by atoms with van der Waals surface area (Å²) in [4.78, 5) is 10.6. The lowest BCUT2D eigenvalue weighted by Crippen LogP contribution is -2.16. The molecule has 1 unspecified atom stereocenters. The van der Waals surface area contributed by atoms with E-state index in [0.717, 1.165) is 6.07 Å². The second-order valence-electron chi connectivity index (χ2n) is 3.17. The summed E-state index contributed by atoms with van der Waals surface area (Å²) in [6.45, 7) is 1.92. The minimum Gasteiger partial charge on any atom is -0.490 e. The summed E-state index contributed by atoms with van der Waals surface area (Å²) in [5, 5.41) is 9.25. The van der Waals surface area contributed by atoms with Gasteiger partial charge in [-0.15, -0.1) is 0 Å². The molecule has 1 aromatic carbocycles.